The van der Waals surface area contributed by atoms with Crippen molar-refractivity contribution in [2.45, 2.75) is 32.1 Å². The van der Waals surface area contributed by atoms with Gasteiger partial charge in [0.2, 0.25) is 0 Å². The van der Waals surface area contributed by atoms with Gasteiger partial charge in [-0.15, -0.1) is 0 Å². The molecular formula is C17H32N2O4. The fraction of sp³-hybridized carbons (Fsp3) is 0.647. The lowest BCUT2D eigenvalue weighted by atomic mass is 10.1. The van der Waals surface area contributed by atoms with Crippen molar-refractivity contribution in [1.82, 2.24) is 9.80 Å². The van der Waals surface area contributed by atoms with Gasteiger partial charge in [0, 0.05) is 11.1 Å². The van der Waals surface area contributed by atoms with Crippen LogP contribution in [-0.2, 0) is 9.59 Å². The summed E-state index contributed by atoms with van der Waals surface area (Å²) in [5.74, 6) is -1.76. The molecule has 0 radical (unpaired) electrons. The zero-order chi connectivity index (χ0) is 18.4. The average molecular weight is 328 g/mol. The fourth-order valence-electron chi connectivity index (χ4n) is 1.59. The predicted octanol–water partition coefficient (Wildman–Crippen LogP) is 2.33. The second kappa shape index (κ2) is 14.0. The van der Waals surface area contributed by atoms with Crippen molar-refractivity contribution >= 4 is 11.9 Å². The van der Waals surface area contributed by atoms with Crippen LogP contribution < -0.4 is 0 Å². The average Bonchev–Trinajstić information content (AvgIpc) is 2.43. The van der Waals surface area contributed by atoms with Gasteiger partial charge in [-0.05, 0) is 73.4 Å². The van der Waals surface area contributed by atoms with Crippen LogP contribution >= 0.6 is 0 Å². The van der Waals surface area contributed by atoms with Gasteiger partial charge in [-0.25, -0.2) is 9.59 Å². The first-order valence-electron chi connectivity index (χ1n) is 7.69. The van der Waals surface area contributed by atoms with E-state index in [0.29, 0.717) is 24.0 Å². The van der Waals surface area contributed by atoms with E-state index < -0.39 is 11.9 Å². The van der Waals surface area contributed by atoms with Crippen LogP contribution in [0, 0.1) is 0 Å². The molecule has 0 rings (SSSR count). The molecule has 0 saturated carbocycles. The number of rotatable bonds is 11. The standard InChI is InChI=1S/C9H17NO2.C8H15NO2/c1-8(9(11)12)6-4-5-7-10(2)3;1-7(8(10)11)5-4-6-9(2)3/h1,4-7H2,2-3H3,(H,11,12);1,4-6H2,2-3H3,(H,10,11). The number of aliphatic carboxylic acids is 2. The molecule has 0 aromatic heterocycles. The molecule has 0 aliphatic rings. The Hall–Kier alpha value is -1.66. The van der Waals surface area contributed by atoms with Crippen molar-refractivity contribution in [2.24, 2.45) is 0 Å². The molecule has 0 spiro atoms. The lowest BCUT2D eigenvalue weighted by Crippen LogP contribution is -2.13. The Balaban J connectivity index is 0. The van der Waals surface area contributed by atoms with Crippen LogP contribution in [0.15, 0.2) is 24.3 Å². The van der Waals surface area contributed by atoms with E-state index in [1.54, 1.807) is 0 Å². The van der Waals surface area contributed by atoms with Gasteiger partial charge in [-0.3, -0.25) is 0 Å². The van der Waals surface area contributed by atoms with E-state index in [2.05, 4.69) is 18.1 Å². The lowest BCUT2D eigenvalue weighted by molar-refractivity contribution is -0.133. The normalized spacial score (nSPS) is 10.2. The highest BCUT2D eigenvalue weighted by molar-refractivity contribution is 5.85. The van der Waals surface area contributed by atoms with Crippen molar-refractivity contribution < 1.29 is 19.8 Å². The SMILES string of the molecule is C=C(CCCCN(C)C)C(=O)O.C=C(CCCN(C)C)C(=O)O. The molecule has 23 heavy (non-hydrogen) atoms. The van der Waals surface area contributed by atoms with Gasteiger partial charge < -0.3 is 20.0 Å². The largest absolute Gasteiger partial charge is 0.478 e. The molecule has 0 atom stereocenters. The Kier molecular flexibility index (Phi) is 14.3. The molecule has 6 nitrogen and oxygen atoms in total. The van der Waals surface area contributed by atoms with Gasteiger partial charge in [-0.2, -0.15) is 0 Å². The second-order valence-corrected chi connectivity index (χ2v) is 5.98. The Morgan fingerprint density at radius 1 is 0.739 bits per heavy atom. The minimum atomic E-state index is -0.885. The monoisotopic (exact) mass is 328 g/mol. The van der Waals surface area contributed by atoms with Crippen LogP contribution in [0.5, 0.6) is 0 Å². The first-order chi connectivity index (χ1) is 10.6. The zero-order valence-corrected chi connectivity index (χ0v) is 15.0. The number of unbranched alkanes of at least 4 members (excludes halogenated alkanes) is 1. The summed E-state index contributed by atoms with van der Waals surface area (Å²) in [6.07, 6.45) is 3.97. The molecule has 0 bridgehead atoms. The van der Waals surface area contributed by atoms with E-state index in [0.717, 1.165) is 32.4 Å². The van der Waals surface area contributed by atoms with Gasteiger partial charge >= 0.3 is 11.9 Å². The molecule has 0 aliphatic carbocycles. The maximum absolute atomic E-state index is 10.3. The third-order valence-electron chi connectivity index (χ3n) is 3.02. The van der Waals surface area contributed by atoms with E-state index in [-0.39, 0.29) is 0 Å². The summed E-state index contributed by atoms with van der Waals surface area (Å²) in [4.78, 5) is 24.7. The van der Waals surface area contributed by atoms with Crippen LogP contribution in [-0.4, -0.2) is 73.2 Å². The van der Waals surface area contributed by atoms with Gasteiger partial charge in [0.25, 0.3) is 0 Å². The van der Waals surface area contributed by atoms with E-state index in [9.17, 15) is 9.59 Å². The Labute approximate surface area is 140 Å². The molecule has 0 unspecified atom stereocenters. The van der Waals surface area contributed by atoms with Gasteiger partial charge in [0.1, 0.15) is 0 Å². The number of carboxylic acids is 2. The second-order valence-electron chi connectivity index (χ2n) is 5.98. The van der Waals surface area contributed by atoms with Gasteiger partial charge in [0.15, 0.2) is 0 Å². The van der Waals surface area contributed by atoms with Crippen molar-refractivity contribution in [3.63, 3.8) is 0 Å². The van der Waals surface area contributed by atoms with E-state index in [4.69, 9.17) is 10.2 Å². The summed E-state index contributed by atoms with van der Waals surface area (Å²) in [6, 6.07) is 0. The summed E-state index contributed by atoms with van der Waals surface area (Å²) < 4.78 is 0. The number of carboxylic acid groups (broad SMARTS) is 2. The van der Waals surface area contributed by atoms with Crippen LogP contribution in [0.1, 0.15) is 32.1 Å². The highest BCUT2D eigenvalue weighted by Gasteiger charge is 2.03. The van der Waals surface area contributed by atoms with Crippen molar-refractivity contribution in [3.05, 3.63) is 24.3 Å². The molecule has 134 valence electrons. The quantitative estimate of drug-likeness (QED) is 0.447. The van der Waals surface area contributed by atoms with E-state index >= 15 is 0 Å². The van der Waals surface area contributed by atoms with Crippen LogP contribution in [0.4, 0.5) is 0 Å². The molecule has 2 N–H and O–H groups in total. The highest BCUT2D eigenvalue weighted by Crippen LogP contribution is 2.05. The summed E-state index contributed by atoms with van der Waals surface area (Å²) in [6.45, 7) is 8.81. The lowest BCUT2D eigenvalue weighted by Gasteiger charge is -2.08. The fourth-order valence-corrected chi connectivity index (χ4v) is 1.59. The molecular weight excluding hydrogens is 296 g/mol. The maximum atomic E-state index is 10.3. The maximum Gasteiger partial charge on any atom is 0.330 e. The molecule has 0 saturated heterocycles. The molecule has 0 aliphatic heterocycles. The molecule has 0 aromatic carbocycles. The van der Waals surface area contributed by atoms with Crippen LogP contribution in [0.3, 0.4) is 0 Å². The predicted molar refractivity (Wildman–Crippen MR) is 93.7 cm³/mol. The topological polar surface area (TPSA) is 81.1 Å². The van der Waals surface area contributed by atoms with Gasteiger partial charge in [0.05, 0.1) is 0 Å². The van der Waals surface area contributed by atoms with Crippen molar-refractivity contribution in [2.75, 3.05) is 41.3 Å². The Morgan fingerprint density at radius 2 is 1.09 bits per heavy atom. The van der Waals surface area contributed by atoms with Crippen LogP contribution in [0.25, 0.3) is 0 Å². The van der Waals surface area contributed by atoms with Gasteiger partial charge in [-0.1, -0.05) is 13.2 Å². The van der Waals surface area contributed by atoms with E-state index in [1.807, 2.05) is 33.1 Å². The first kappa shape index (κ1) is 23.6. The Bertz CT molecular complexity index is 390. The summed E-state index contributed by atoms with van der Waals surface area (Å²) in [7, 11) is 7.94. The highest BCUT2D eigenvalue weighted by atomic mass is 16.4. The molecule has 0 aromatic rings. The minimum absolute atomic E-state index is 0.298. The molecule has 6 heteroatoms. The summed E-state index contributed by atoms with van der Waals surface area (Å²) in [5.41, 5.74) is 0.612. The Morgan fingerprint density at radius 3 is 1.43 bits per heavy atom. The van der Waals surface area contributed by atoms with Crippen LogP contribution in [0.2, 0.25) is 0 Å². The number of carbonyl (C=O) groups is 2. The third-order valence-corrected chi connectivity index (χ3v) is 3.02. The summed E-state index contributed by atoms with van der Waals surface area (Å²) >= 11 is 0. The minimum Gasteiger partial charge on any atom is -0.478 e. The summed E-state index contributed by atoms with van der Waals surface area (Å²) in [5, 5.41) is 16.9. The number of hydrogen-bond acceptors (Lipinski definition) is 4. The van der Waals surface area contributed by atoms with E-state index in [1.165, 1.54) is 0 Å². The first-order valence-corrected chi connectivity index (χ1v) is 7.69. The van der Waals surface area contributed by atoms with Crippen molar-refractivity contribution in [3.8, 4) is 0 Å². The molecule has 0 fully saturated rings. The van der Waals surface area contributed by atoms with Crippen molar-refractivity contribution in [1.29, 1.82) is 0 Å². The smallest absolute Gasteiger partial charge is 0.330 e. The number of hydrogen-bond donors (Lipinski definition) is 2. The zero-order valence-electron chi connectivity index (χ0n) is 15.0. The molecule has 0 heterocycles. The molecule has 0 amide bonds. The number of nitrogens with zero attached hydrogens (tertiary/aromatic N) is 2. The third kappa shape index (κ3) is 18.3.